The van der Waals surface area contributed by atoms with Crippen molar-refractivity contribution in [2.75, 3.05) is 13.2 Å². The number of carbonyl (C=O) groups excluding carboxylic acids is 1. The molecule has 2 rings (SSSR count). The first kappa shape index (κ1) is 18.9. The van der Waals surface area contributed by atoms with Crippen LogP contribution < -0.4 is 11.1 Å². The van der Waals surface area contributed by atoms with E-state index in [-0.39, 0.29) is 11.8 Å². The molecule has 134 valence electrons. The summed E-state index contributed by atoms with van der Waals surface area (Å²) in [5.41, 5.74) is 8.14. The normalized spacial score (nSPS) is 18.1. The van der Waals surface area contributed by atoms with Gasteiger partial charge in [0.2, 0.25) is 5.91 Å². The van der Waals surface area contributed by atoms with Gasteiger partial charge in [-0.25, -0.2) is 0 Å². The van der Waals surface area contributed by atoms with Crippen LogP contribution >= 0.6 is 0 Å². The molecule has 1 aromatic rings. The Morgan fingerprint density at radius 2 is 1.92 bits per heavy atom. The maximum Gasteiger partial charge on any atom is 0.237 e. The molecule has 1 saturated heterocycles. The molecule has 1 aliphatic heterocycles. The number of nitrogens with two attached hydrogens (primary N) is 1. The minimum absolute atomic E-state index is 0.0868. The summed E-state index contributed by atoms with van der Waals surface area (Å²) in [5, 5.41) is 2.91. The Kier molecular flexibility index (Phi) is 7.69. The van der Waals surface area contributed by atoms with Crippen LogP contribution in [0.15, 0.2) is 24.3 Å². The molecular formula is C19H30N2O3. The van der Waals surface area contributed by atoms with Crippen molar-refractivity contribution in [3.8, 4) is 0 Å². The standard InChI is InChI=1S/C19H30N2O3/c1-3-14(2)18(20)19(22)21-12-15-4-6-16(7-5-15)13-24-17-8-10-23-11-9-17/h4-7,14,17-18H,3,8-13,20H2,1-2H3,(H,21,22). The van der Waals surface area contributed by atoms with Crippen molar-refractivity contribution in [3.63, 3.8) is 0 Å². The Bertz CT molecular complexity index is 498. The summed E-state index contributed by atoms with van der Waals surface area (Å²) in [7, 11) is 0. The lowest BCUT2D eigenvalue weighted by molar-refractivity contribution is -0.123. The lowest BCUT2D eigenvalue weighted by atomic mass is 9.99. The Morgan fingerprint density at radius 1 is 1.29 bits per heavy atom. The Labute approximate surface area is 144 Å². The van der Waals surface area contributed by atoms with Crippen molar-refractivity contribution in [2.24, 2.45) is 11.7 Å². The zero-order valence-corrected chi connectivity index (χ0v) is 14.8. The van der Waals surface area contributed by atoms with Crippen LogP contribution in [0.25, 0.3) is 0 Å². The summed E-state index contributed by atoms with van der Waals surface area (Å²) >= 11 is 0. The number of hydrogen-bond acceptors (Lipinski definition) is 4. The average Bonchev–Trinajstić information content (AvgIpc) is 2.64. The minimum atomic E-state index is -0.442. The maximum atomic E-state index is 12.0. The van der Waals surface area contributed by atoms with Crippen LogP contribution in [0.4, 0.5) is 0 Å². The Balaban J connectivity index is 1.74. The second-order valence-corrected chi connectivity index (χ2v) is 6.57. The van der Waals surface area contributed by atoms with E-state index in [1.165, 1.54) is 0 Å². The van der Waals surface area contributed by atoms with Crippen LogP contribution in [0.1, 0.15) is 44.2 Å². The van der Waals surface area contributed by atoms with Gasteiger partial charge in [0.15, 0.2) is 0 Å². The maximum absolute atomic E-state index is 12.0. The third-order valence-corrected chi connectivity index (χ3v) is 4.70. The summed E-state index contributed by atoms with van der Waals surface area (Å²) in [6.45, 7) is 6.75. The Hall–Kier alpha value is -1.43. The highest BCUT2D eigenvalue weighted by Crippen LogP contribution is 2.14. The first-order chi connectivity index (χ1) is 11.6. The van der Waals surface area contributed by atoms with Crippen LogP contribution in [0.3, 0.4) is 0 Å². The molecule has 1 fully saturated rings. The lowest BCUT2D eigenvalue weighted by Crippen LogP contribution is -2.44. The molecule has 0 aromatic heterocycles. The molecule has 1 aromatic carbocycles. The van der Waals surface area contributed by atoms with Crippen LogP contribution in [-0.2, 0) is 27.4 Å². The first-order valence-electron chi connectivity index (χ1n) is 8.90. The van der Waals surface area contributed by atoms with Crippen molar-refractivity contribution in [1.29, 1.82) is 0 Å². The van der Waals surface area contributed by atoms with Crippen molar-refractivity contribution >= 4 is 5.91 Å². The van der Waals surface area contributed by atoms with Crippen molar-refractivity contribution in [3.05, 3.63) is 35.4 Å². The van der Waals surface area contributed by atoms with E-state index in [1.807, 2.05) is 26.0 Å². The molecule has 2 atom stereocenters. The number of hydrogen-bond donors (Lipinski definition) is 2. The second kappa shape index (κ2) is 9.77. The van der Waals surface area contributed by atoms with Gasteiger partial charge in [0.25, 0.3) is 0 Å². The average molecular weight is 334 g/mol. The van der Waals surface area contributed by atoms with Gasteiger partial charge >= 0.3 is 0 Å². The molecule has 2 unspecified atom stereocenters. The summed E-state index contributed by atoms with van der Waals surface area (Å²) in [5.74, 6) is 0.103. The molecule has 5 heteroatoms. The van der Waals surface area contributed by atoms with Crippen molar-refractivity contribution < 1.29 is 14.3 Å². The predicted octanol–water partition coefficient (Wildman–Crippen LogP) is 2.37. The van der Waals surface area contributed by atoms with E-state index < -0.39 is 6.04 Å². The van der Waals surface area contributed by atoms with Gasteiger partial charge in [-0.15, -0.1) is 0 Å². The molecule has 1 heterocycles. The molecule has 1 aliphatic rings. The van der Waals surface area contributed by atoms with Crippen LogP contribution in [-0.4, -0.2) is 31.3 Å². The SMILES string of the molecule is CCC(C)C(N)C(=O)NCc1ccc(COC2CCOCC2)cc1. The highest BCUT2D eigenvalue weighted by atomic mass is 16.5. The van der Waals surface area contributed by atoms with E-state index in [2.05, 4.69) is 17.4 Å². The van der Waals surface area contributed by atoms with Crippen LogP contribution in [0, 0.1) is 5.92 Å². The van der Waals surface area contributed by atoms with Gasteiger partial charge in [0.1, 0.15) is 0 Å². The van der Waals surface area contributed by atoms with Gasteiger partial charge in [-0.05, 0) is 29.9 Å². The zero-order valence-electron chi connectivity index (χ0n) is 14.8. The highest BCUT2D eigenvalue weighted by Gasteiger charge is 2.18. The van der Waals surface area contributed by atoms with E-state index in [9.17, 15) is 4.79 Å². The van der Waals surface area contributed by atoms with Gasteiger partial charge in [0, 0.05) is 19.8 Å². The molecule has 0 bridgehead atoms. The van der Waals surface area contributed by atoms with Crippen molar-refractivity contribution in [2.45, 2.75) is 58.4 Å². The number of ether oxygens (including phenoxy) is 2. The number of amides is 1. The number of benzene rings is 1. The molecule has 0 radical (unpaired) electrons. The minimum Gasteiger partial charge on any atom is -0.381 e. The second-order valence-electron chi connectivity index (χ2n) is 6.57. The molecule has 0 saturated carbocycles. The molecule has 0 aliphatic carbocycles. The summed E-state index contributed by atoms with van der Waals surface area (Å²) in [4.78, 5) is 12.0. The highest BCUT2D eigenvalue weighted by molar-refractivity contribution is 5.81. The molecule has 1 amide bonds. The van der Waals surface area contributed by atoms with E-state index in [1.54, 1.807) is 0 Å². The fourth-order valence-corrected chi connectivity index (χ4v) is 2.63. The molecule has 0 spiro atoms. The largest absolute Gasteiger partial charge is 0.381 e. The summed E-state index contributed by atoms with van der Waals surface area (Å²) in [6.07, 6.45) is 3.15. The molecule has 3 N–H and O–H groups in total. The monoisotopic (exact) mass is 334 g/mol. The predicted molar refractivity (Wildman–Crippen MR) is 94.3 cm³/mol. The quantitative estimate of drug-likeness (QED) is 0.765. The third-order valence-electron chi connectivity index (χ3n) is 4.70. The fourth-order valence-electron chi connectivity index (χ4n) is 2.63. The zero-order chi connectivity index (χ0) is 17.4. The number of carbonyl (C=O) groups is 1. The molecule has 5 nitrogen and oxygen atoms in total. The fraction of sp³-hybridized carbons (Fsp3) is 0.632. The molecule has 24 heavy (non-hydrogen) atoms. The Morgan fingerprint density at radius 3 is 2.54 bits per heavy atom. The van der Waals surface area contributed by atoms with Gasteiger partial charge in [0.05, 0.1) is 18.8 Å². The van der Waals surface area contributed by atoms with E-state index in [0.29, 0.717) is 19.3 Å². The molecular weight excluding hydrogens is 304 g/mol. The van der Waals surface area contributed by atoms with E-state index in [0.717, 1.165) is 43.6 Å². The van der Waals surface area contributed by atoms with Gasteiger partial charge < -0.3 is 20.5 Å². The third kappa shape index (κ3) is 5.89. The van der Waals surface area contributed by atoms with Gasteiger partial charge in [-0.3, -0.25) is 4.79 Å². The van der Waals surface area contributed by atoms with Crippen LogP contribution in [0.5, 0.6) is 0 Å². The van der Waals surface area contributed by atoms with E-state index >= 15 is 0 Å². The van der Waals surface area contributed by atoms with Gasteiger partial charge in [-0.2, -0.15) is 0 Å². The summed E-state index contributed by atoms with van der Waals surface area (Å²) in [6, 6.07) is 7.71. The van der Waals surface area contributed by atoms with E-state index in [4.69, 9.17) is 15.2 Å². The smallest absolute Gasteiger partial charge is 0.237 e. The van der Waals surface area contributed by atoms with Crippen molar-refractivity contribution in [1.82, 2.24) is 5.32 Å². The van der Waals surface area contributed by atoms with Crippen LogP contribution in [0.2, 0.25) is 0 Å². The number of nitrogens with one attached hydrogen (secondary N) is 1. The lowest BCUT2D eigenvalue weighted by Gasteiger charge is -2.22. The number of rotatable bonds is 8. The topological polar surface area (TPSA) is 73.6 Å². The summed E-state index contributed by atoms with van der Waals surface area (Å²) < 4.78 is 11.2. The van der Waals surface area contributed by atoms with Gasteiger partial charge in [-0.1, -0.05) is 44.5 Å². The first-order valence-corrected chi connectivity index (χ1v) is 8.90.